The molecule has 1 aromatic rings. The summed E-state index contributed by atoms with van der Waals surface area (Å²) >= 11 is 0. The van der Waals surface area contributed by atoms with E-state index < -0.39 is 0 Å². The molecule has 0 atom stereocenters. The van der Waals surface area contributed by atoms with Crippen LogP contribution >= 0.6 is 0 Å². The van der Waals surface area contributed by atoms with Crippen molar-refractivity contribution in [3.05, 3.63) is 29.8 Å². The summed E-state index contributed by atoms with van der Waals surface area (Å²) in [5.74, 6) is 0. The summed E-state index contributed by atoms with van der Waals surface area (Å²) in [5, 5.41) is 0. The van der Waals surface area contributed by atoms with Gasteiger partial charge in [-0.25, -0.2) is 12.1 Å². The SMILES string of the molecule is CCC[c-]1cccc1.[Cl-].[Cl-].[Ti+3]. The average molecular weight is 226 g/mol. The van der Waals surface area contributed by atoms with Crippen LogP contribution in [0.15, 0.2) is 24.3 Å². The van der Waals surface area contributed by atoms with Gasteiger partial charge >= 0.3 is 21.7 Å². The molecular weight excluding hydrogens is 215 g/mol. The van der Waals surface area contributed by atoms with Gasteiger partial charge in [0.25, 0.3) is 0 Å². The van der Waals surface area contributed by atoms with Gasteiger partial charge in [-0.1, -0.05) is 19.8 Å². The summed E-state index contributed by atoms with van der Waals surface area (Å²) in [4.78, 5) is 0. The summed E-state index contributed by atoms with van der Waals surface area (Å²) in [6.45, 7) is 2.20. The van der Waals surface area contributed by atoms with E-state index in [9.17, 15) is 0 Å². The first-order chi connectivity index (χ1) is 3.93. The van der Waals surface area contributed by atoms with E-state index in [1.165, 1.54) is 18.4 Å². The third-order valence-electron chi connectivity index (χ3n) is 1.27. The second kappa shape index (κ2) is 10.6. The van der Waals surface area contributed by atoms with Crippen LogP contribution in [-0.4, -0.2) is 0 Å². The summed E-state index contributed by atoms with van der Waals surface area (Å²) in [6.07, 6.45) is 2.48. The van der Waals surface area contributed by atoms with Crippen LogP contribution in [0.3, 0.4) is 0 Å². The molecule has 11 heavy (non-hydrogen) atoms. The Morgan fingerprint density at radius 2 is 1.55 bits per heavy atom. The van der Waals surface area contributed by atoms with Gasteiger partial charge in [0.1, 0.15) is 0 Å². The molecule has 1 aromatic carbocycles. The zero-order valence-electron chi connectivity index (χ0n) is 6.48. The molecule has 1 rings (SSSR count). The van der Waals surface area contributed by atoms with Crippen LogP contribution in [0.1, 0.15) is 18.9 Å². The fourth-order valence-corrected chi connectivity index (χ4v) is 0.869. The molecule has 0 nitrogen and oxygen atoms in total. The quantitative estimate of drug-likeness (QED) is 0.360. The summed E-state index contributed by atoms with van der Waals surface area (Å²) < 4.78 is 0. The molecule has 0 aliphatic rings. The maximum Gasteiger partial charge on any atom is 3.00 e. The number of rotatable bonds is 2. The van der Waals surface area contributed by atoms with Gasteiger partial charge in [-0.3, -0.25) is 0 Å². The molecule has 0 aliphatic heterocycles. The summed E-state index contributed by atoms with van der Waals surface area (Å²) in [5.41, 5.74) is 1.47. The van der Waals surface area contributed by atoms with Gasteiger partial charge in [0.15, 0.2) is 0 Å². The molecule has 3 heteroatoms. The second-order valence-corrected chi connectivity index (χ2v) is 2.04. The third-order valence-corrected chi connectivity index (χ3v) is 1.27. The number of hydrogen-bond acceptors (Lipinski definition) is 0. The Labute approximate surface area is 95.8 Å². The van der Waals surface area contributed by atoms with Crippen LogP contribution < -0.4 is 24.8 Å². The minimum atomic E-state index is 0. The summed E-state index contributed by atoms with van der Waals surface area (Å²) in [6, 6.07) is 8.52. The zero-order valence-corrected chi connectivity index (χ0v) is 9.55. The summed E-state index contributed by atoms with van der Waals surface area (Å²) in [7, 11) is 0. The Balaban J connectivity index is -0.000000213. The first kappa shape index (κ1) is 17.7. The van der Waals surface area contributed by atoms with E-state index in [-0.39, 0.29) is 46.5 Å². The smallest absolute Gasteiger partial charge is 1.00 e. The molecule has 0 heterocycles. The van der Waals surface area contributed by atoms with Gasteiger partial charge in [-0.05, 0) is 0 Å². The zero-order chi connectivity index (χ0) is 5.82. The van der Waals surface area contributed by atoms with Gasteiger partial charge in [-0.2, -0.15) is 17.7 Å². The molecule has 0 fully saturated rings. The van der Waals surface area contributed by atoms with Gasteiger partial charge < -0.3 is 24.8 Å². The third kappa shape index (κ3) is 7.02. The van der Waals surface area contributed by atoms with Gasteiger partial charge in [-0.15, -0.1) is 0 Å². The van der Waals surface area contributed by atoms with Gasteiger partial charge in [0, 0.05) is 0 Å². The maximum absolute atomic E-state index is 2.20. The van der Waals surface area contributed by atoms with Crippen molar-refractivity contribution in [1.82, 2.24) is 0 Å². The van der Waals surface area contributed by atoms with Crippen LogP contribution in [0.2, 0.25) is 0 Å². The van der Waals surface area contributed by atoms with E-state index >= 15 is 0 Å². The normalized spacial score (nSPS) is 7.00. The fourth-order valence-electron chi connectivity index (χ4n) is 0.869. The van der Waals surface area contributed by atoms with E-state index in [0.717, 1.165) is 0 Å². The minimum absolute atomic E-state index is 0. The van der Waals surface area contributed by atoms with Crippen molar-refractivity contribution in [3.8, 4) is 0 Å². The minimum Gasteiger partial charge on any atom is -1.00 e. The molecule has 0 saturated heterocycles. The first-order valence-corrected chi connectivity index (χ1v) is 3.14. The topological polar surface area (TPSA) is 0 Å². The standard InChI is InChI=1S/C8H11.2ClH.Ti/c1-2-5-8-6-3-4-7-8;;;/h3-4,6-7H,2,5H2,1H3;2*1H;/q-1;;;+3/p-2. The van der Waals surface area contributed by atoms with Crippen LogP contribution in [0.4, 0.5) is 0 Å². The Hall–Kier alpha value is 0.644. The Kier molecular flexibility index (Phi) is 17.1. The van der Waals surface area contributed by atoms with Crippen molar-refractivity contribution >= 4 is 0 Å². The molecule has 61 valence electrons. The second-order valence-electron chi connectivity index (χ2n) is 2.04. The average Bonchev–Trinajstić information content (AvgIpc) is 2.19. The van der Waals surface area contributed by atoms with E-state index in [2.05, 4.69) is 31.2 Å². The molecule has 0 N–H and O–H groups in total. The molecule has 1 radical (unpaired) electrons. The van der Waals surface area contributed by atoms with Crippen molar-refractivity contribution < 1.29 is 46.5 Å². The molecule has 0 aromatic heterocycles. The van der Waals surface area contributed by atoms with Crippen molar-refractivity contribution in [2.45, 2.75) is 19.8 Å². The molecular formula is C8H11Cl2Ti. The van der Waals surface area contributed by atoms with E-state index in [1.807, 2.05) is 0 Å². The molecule has 0 spiro atoms. The van der Waals surface area contributed by atoms with Crippen molar-refractivity contribution in [3.63, 3.8) is 0 Å². The fraction of sp³-hybridized carbons (Fsp3) is 0.375. The van der Waals surface area contributed by atoms with E-state index in [4.69, 9.17) is 0 Å². The van der Waals surface area contributed by atoms with Gasteiger partial charge in [0.2, 0.25) is 0 Å². The Morgan fingerprint density at radius 1 is 1.09 bits per heavy atom. The predicted molar refractivity (Wildman–Crippen MR) is 36.0 cm³/mol. The van der Waals surface area contributed by atoms with E-state index in [1.54, 1.807) is 0 Å². The van der Waals surface area contributed by atoms with Crippen LogP contribution in [0, 0.1) is 0 Å². The molecule has 0 saturated carbocycles. The molecule has 0 unspecified atom stereocenters. The Bertz CT molecular complexity index is 138. The van der Waals surface area contributed by atoms with Crippen molar-refractivity contribution in [2.24, 2.45) is 0 Å². The number of aryl methyl sites for hydroxylation is 1. The molecule has 0 bridgehead atoms. The van der Waals surface area contributed by atoms with Crippen LogP contribution in [0.5, 0.6) is 0 Å². The van der Waals surface area contributed by atoms with Crippen LogP contribution in [0.25, 0.3) is 0 Å². The van der Waals surface area contributed by atoms with E-state index in [0.29, 0.717) is 0 Å². The van der Waals surface area contributed by atoms with Gasteiger partial charge in [0.05, 0.1) is 0 Å². The maximum atomic E-state index is 2.20. The molecule has 0 aliphatic carbocycles. The van der Waals surface area contributed by atoms with Crippen LogP contribution in [-0.2, 0) is 28.1 Å². The Morgan fingerprint density at radius 3 is 1.91 bits per heavy atom. The molecule has 0 amide bonds. The van der Waals surface area contributed by atoms with Crippen molar-refractivity contribution in [2.75, 3.05) is 0 Å². The largest absolute Gasteiger partial charge is 3.00 e. The monoisotopic (exact) mass is 225 g/mol. The number of hydrogen-bond donors (Lipinski definition) is 0. The predicted octanol–water partition coefficient (Wildman–Crippen LogP) is -3.64. The first-order valence-electron chi connectivity index (χ1n) is 3.14. The number of halogens is 2. The van der Waals surface area contributed by atoms with Crippen molar-refractivity contribution in [1.29, 1.82) is 0 Å².